The molecule has 0 saturated carbocycles. The number of rotatable bonds is 1. The molecule has 0 bridgehead atoms. The minimum Gasteiger partial charge on any atom is -0.466 e. The van der Waals surface area contributed by atoms with Gasteiger partial charge in [0.1, 0.15) is 12.0 Å². The molecule has 1 rings (SSSR count). The van der Waals surface area contributed by atoms with E-state index in [0.717, 1.165) is 10.2 Å². The fourth-order valence-corrected chi connectivity index (χ4v) is 0.886. The number of nitrogens with two attached hydrogens (primary N) is 1. The van der Waals surface area contributed by atoms with Gasteiger partial charge in [-0.3, -0.25) is 0 Å². The predicted molar refractivity (Wildman–Crippen MR) is 39.0 cm³/mol. The lowest BCUT2D eigenvalue weighted by Crippen LogP contribution is -2.02. The molecule has 0 aliphatic carbocycles. The summed E-state index contributed by atoms with van der Waals surface area (Å²) in [5.41, 5.74) is 5.51. The zero-order chi connectivity index (χ0) is 6.85. The predicted octanol–water partition coefficient (Wildman–Crippen LogP) is 2.06. The van der Waals surface area contributed by atoms with E-state index in [-0.39, 0.29) is 6.04 Å². The highest BCUT2D eigenvalue weighted by atomic mass is 79.9. The van der Waals surface area contributed by atoms with Crippen LogP contribution >= 0.6 is 15.9 Å². The van der Waals surface area contributed by atoms with Crippen molar-refractivity contribution in [2.24, 2.45) is 5.73 Å². The summed E-state index contributed by atoms with van der Waals surface area (Å²) in [6.07, 6.45) is 1.62. The van der Waals surface area contributed by atoms with E-state index in [0.29, 0.717) is 0 Å². The zero-order valence-electron chi connectivity index (χ0n) is 5.10. The van der Waals surface area contributed by atoms with Crippen LogP contribution < -0.4 is 5.73 Å². The van der Waals surface area contributed by atoms with Gasteiger partial charge in [0.15, 0.2) is 0 Å². The normalized spacial score (nSPS) is 13.7. The maximum atomic E-state index is 5.51. The first-order chi connectivity index (χ1) is 4.20. The van der Waals surface area contributed by atoms with Gasteiger partial charge in [-0.25, -0.2) is 0 Å². The Morgan fingerprint density at radius 1 is 1.78 bits per heavy atom. The van der Waals surface area contributed by atoms with Crippen LogP contribution in [0.5, 0.6) is 0 Å². The average Bonchev–Trinajstić information content (AvgIpc) is 2.14. The smallest absolute Gasteiger partial charge is 0.121 e. The van der Waals surface area contributed by atoms with Crippen molar-refractivity contribution in [2.45, 2.75) is 13.0 Å². The summed E-state index contributed by atoms with van der Waals surface area (Å²) >= 11 is 3.25. The molecular formula is C6H8BrNO. The van der Waals surface area contributed by atoms with Gasteiger partial charge in [-0.2, -0.15) is 0 Å². The molecule has 0 aliphatic heterocycles. The van der Waals surface area contributed by atoms with Gasteiger partial charge >= 0.3 is 0 Å². The zero-order valence-corrected chi connectivity index (χ0v) is 6.68. The van der Waals surface area contributed by atoms with E-state index in [9.17, 15) is 0 Å². The molecule has 1 atom stereocenters. The second-order valence-corrected chi connectivity index (χ2v) is 2.87. The van der Waals surface area contributed by atoms with E-state index in [2.05, 4.69) is 15.9 Å². The Balaban J connectivity index is 2.85. The molecule has 2 N–H and O–H groups in total. The van der Waals surface area contributed by atoms with Crippen LogP contribution in [0, 0.1) is 0 Å². The Morgan fingerprint density at radius 2 is 2.44 bits per heavy atom. The molecule has 50 valence electrons. The van der Waals surface area contributed by atoms with Gasteiger partial charge in [-0.15, -0.1) is 0 Å². The lowest BCUT2D eigenvalue weighted by Gasteiger charge is -1.95. The lowest BCUT2D eigenvalue weighted by atomic mass is 10.3. The number of halogens is 1. The third kappa shape index (κ3) is 1.56. The summed E-state index contributed by atoms with van der Waals surface area (Å²) < 4.78 is 5.99. The third-order valence-electron chi connectivity index (χ3n) is 1.04. The molecule has 0 aromatic carbocycles. The van der Waals surface area contributed by atoms with Gasteiger partial charge in [0.05, 0.1) is 10.5 Å². The van der Waals surface area contributed by atoms with E-state index >= 15 is 0 Å². The van der Waals surface area contributed by atoms with Crippen molar-refractivity contribution in [1.82, 2.24) is 0 Å². The van der Waals surface area contributed by atoms with Crippen molar-refractivity contribution in [3.05, 3.63) is 22.6 Å². The minimum atomic E-state index is -0.0173. The Hall–Kier alpha value is -0.280. The molecule has 1 aromatic heterocycles. The summed E-state index contributed by atoms with van der Waals surface area (Å²) in [6, 6.07) is 1.85. The van der Waals surface area contributed by atoms with Crippen molar-refractivity contribution in [1.29, 1.82) is 0 Å². The van der Waals surface area contributed by atoms with E-state index in [1.54, 1.807) is 6.26 Å². The molecule has 9 heavy (non-hydrogen) atoms. The molecular weight excluding hydrogens is 182 g/mol. The highest BCUT2D eigenvalue weighted by molar-refractivity contribution is 9.10. The fourth-order valence-electron chi connectivity index (χ4n) is 0.567. The molecule has 0 radical (unpaired) electrons. The largest absolute Gasteiger partial charge is 0.466 e. The standard InChI is InChI=1S/C6H8BrNO/c1-4(8)6-2-5(7)3-9-6/h2-4H,8H2,1H3/t4-/m1/s1. The van der Waals surface area contributed by atoms with E-state index in [4.69, 9.17) is 10.2 Å². The molecule has 0 fully saturated rings. The van der Waals surface area contributed by atoms with Crippen molar-refractivity contribution < 1.29 is 4.42 Å². The van der Waals surface area contributed by atoms with Gasteiger partial charge in [-0.1, -0.05) is 0 Å². The summed E-state index contributed by atoms with van der Waals surface area (Å²) in [5.74, 6) is 0.807. The van der Waals surface area contributed by atoms with Gasteiger partial charge in [0.2, 0.25) is 0 Å². The van der Waals surface area contributed by atoms with Gasteiger partial charge < -0.3 is 10.2 Å². The monoisotopic (exact) mass is 189 g/mol. The van der Waals surface area contributed by atoms with Crippen LogP contribution in [-0.4, -0.2) is 0 Å². The van der Waals surface area contributed by atoms with Gasteiger partial charge in [0, 0.05) is 0 Å². The molecule has 0 amide bonds. The van der Waals surface area contributed by atoms with Gasteiger partial charge in [-0.05, 0) is 28.9 Å². The summed E-state index contributed by atoms with van der Waals surface area (Å²) in [5, 5.41) is 0. The molecule has 0 unspecified atom stereocenters. The molecule has 0 spiro atoms. The Kier molecular flexibility index (Phi) is 1.93. The Bertz CT molecular complexity index is 195. The van der Waals surface area contributed by atoms with Crippen molar-refractivity contribution >= 4 is 15.9 Å². The fraction of sp³-hybridized carbons (Fsp3) is 0.333. The molecule has 0 saturated heterocycles. The number of hydrogen-bond acceptors (Lipinski definition) is 2. The summed E-state index contributed by atoms with van der Waals surface area (Å²) in [4.78, 5) is 0. The second-order valence-electron chi connectivity index (χ2n) is 1.96. The van der Waals surface area contributed by atoms with Crippen molar-refractivity contribution in [2.75, 3.05) is 0 Å². The van der Waals surface area contributed by atoms with Crippen LogP contribution in [0.3, 0.4) is 0 Å². The maximum Gasteiger partial charge on any atom is 0.121 e. The SMILES string of the molecule is C[C@@H](N)c1cc(Br)co1. The van der Waals surface area contributed by atoms with Crippen LogP contribution in [0.1, 0.15) is 18.7 Å². The van der Waals surface area contributed by atoms with Gasteiger partial charge in [0.25, 0.3) is 0 Å². The summed E-state index contributed by atoms with van der Waals surface area (Å²) in [7, 11) is 0. The third-order valence-corrected chi connectivity index (χ3v) is 1.45. The molecule has 0 aliphatic rings. The van der Waals surface area contributed by atoms with Crippen molar-refractivity contribution in [3.63, 3.8) is 0 Å². The van der Waals surface area contributed by atoms with Crippen LogP contribution in [0.25, 0.3) is 0 Å². The lowest BCUT2D eigenvalue weighted by molar-refractivity contribution is 0.479. The highest BCUT2D eigenvalue weighted by Crippen LogP contribution is 2.17. The minimum absolute atomic E-state index is 0.0173. The van der Waals surface area contributed by atoms with Crippen LogP contribution in [0.15, 0.2) is 21.2 Å². The van der Waals surface area contributed by atoms with Crippen LogP contribution in [0.4, 0.5) is 0 Å². The highest BCUT2D eigenvalue weighted by Gasteiger charge is 2.02. The van der Waals surface area contributed by atoms with E-state index < -0.39 is 0 Å². The second kappa shape index (κ2) is 2.54. The first-order valence-corrected chi connectivity index (χ1v) is 3.49. The van der Waals surface area contributed by atoms with Crippen LogP contribution in [-0.2, 0) is 0 Å². The Labute approximate surface area is 62.2 Å². The number of hydrogen-bond donors (Lipinski definition) is 1. The first kappa shape index (κ1) is 6.83. The maximum absolute atomic E-state index is 5.51. The summed E-state index contributed by atoms with van der Waals surface area (Å²) in [6.45, 7) is 1.88. The molecule has 2 nitrogen and oxygen atoms in total. The average molecular weight is 190 g/mol. The molecule has 1 aromatic rings. The first-order valence-electron chi connectivity index (χ1n) is 2.69. The quantitative estimate of drug-likeness (QED) is 0.735. The van der Waals surface area contributed by atoms with E-state index in [1.165, 1.54) is 0 Å². The van der Waals surface area contributed by atoms with Crippen molar-refractivity contribution in [3.8, 4) is 0 Å². The van der Waals surface area contributed by atoms with Crippen LogP contribution in [0.2, 0.25) is 0 Å². The Morgan fingerprint density at radius 3 is 2.67 bits per heavy atom. The van der Waals surface area contributed by atoms with E-state index in [1.807, 2.05) is 13.0 Å². The number of furan rings is 1. The molecule has 3 heteroatoms. The topological polar surface area (TPSA) is 39.2 Å². The molecule has 1 heterocycles.